The summed E-state index contributed by atoms with van der Waals surface area (Å²) in [6, 6.07) is 5.29. The number of aryl methyl sites for hydroxylation is 2. The fraction of sp³-hybridized carbons (Fsp3) is 0.214. The zero-order chi connectivity index (χ0) is 16.4. The van der Waals surface area contributed by atoms with Crippen molar-refractivity contribution in [2.45, 2.75) is 25.3 Å². The Balaban J connectivity index is 1.80. The minimum absolute atomic E-state index is 0.0823. The van der Waals surface area contributed by atoms with Gasteiger partial charge in [0.05, 0.1) is 0 Å². The standard InChI is InChI=1S/C14H15N5O3S/c1-10-14(11(2)22-18-10)23(20,21)17-9-12-4-6-15-13(8-12)19-7-3-5-16-19/h3-8,17H,9H2,1-2H3. The van der Waals surface area contributed by atoms with Crippen LogP contribution >= 0.6 is 0 Å². The molecule has 0 aliphatic rings. The SMILES string of the molecule is Cc1noc(C)c1S(=O)(=O)NCc1ccnc(-n2cccn2)c1. The maximum Gasteiger partial charge on any atom is 0.246 e. The van der Waals surface area contributed by atoms with E-state index >= 15 is 0 Å². The highest BCUT2D eigenvalue weighted by atomic mass is 32.2. The maximum atomic E-state index is 12.4. The molecule has 9 heteroatoms. The van der Waals surface area contributed by atoms with Crippen LogP contribution in [0.2, 0.25) is 0 Å². The fourth-order valence-electron chi connectivity index (χ4n) is 2.21. The van der Waals surface area contributed by atoms with E-state index in [1.54, 1.807) is 55.3 Å². The Bertz CT molecular complexity index is 896. The van der Waals surface area contributed by atoms with Crippen LogP contribution in [0.5, 0.6) is 0 Å². The van der Waals surface area contributed by atoms with Crippen molar-refractivity contribution in [3.63, 3.8) is 0 Å². The second kappa shape index (κ2) is 5.94. The molecule has 0 unspecified atom stereocenters. The average molecular weight is 333 g/mol. The van der Waals surface area contributed by atoms with Crippen LogP contribution in [0.1, 0.15) is 17.0 Å². The van der Waals surface area contributed by atoms with Gasteiger partial charge in [-0.05, 0) is 37.6 Å². The summed E-state index contributed by atoms with van der Waals surface area (Å²) in [6.45, 7) is 3.29. The summed E-state index contributed by atoms with van der Waals surface area (Å²) in [4.78, 5) is 4.28. The molecule has 3 rings (SSSR count). The molecule has 0 bridgehead atoms. The van der Waals surface area contributed by atoms with E-state index in [1.165, 1.54) is 0 Å². The van der Waals surface area contributed by atoms with Crippen molar-refractivity contribution >= 4 is 10.0 Å². The van der Waals surface area contributed by atoms with E-state index in [9.17, 15) is 8.42 Å². The smallest absolute Gasteiger partial charge is 0.246 e. The molecule has 0 spiro atoms. The van der Waals surface area contributed by atoms with Gasteiger partial charge in [-0.3, -0.25) is 0 Å². The molecule has 23 heavy (non-hydrogen) atoms. The fourth-order valence-corrected chi connectivity index (χ4v) is 3.55. The summed E-state index contributed by atoms with van der Waals surface area (Å²) >= 11 is 0. The lowest BCUT2D eigenvalue weighted by Crippen LogP contribution is -2.24. The van der Waals surface area contributed by atoms with Gasteiger partial charge in [0.15, 0.2) is 11.6 Å². The molecular weight excluding hydrogens is 318 g/mol. The van der Waals surface area contributed by atoms with E-state index in [0.29, 0.717) is 11.5 Å². The second-order valence-electron chi connectivity index (χ2n) is 4.95. The minimum Gasteiger partial charge on any atom is -0.360 e. The minimum atomic E-state index is -3.69. The predicted molar refractivity (Wildman–Crippen MR) is 81.4 cm³/mol. The number of nitrogens with zero attached hydrogens (tertiary/aromatic N) is 4. The number of nitrogens with one attached hydrogen (secondary N) is 1. The van der Waals surface area contributed by atoms with Gasteiger partial charge in [-0.15, -0.1) is 0 Å². The van der Waals surface area contributed by atoms with Crippen LogP contribution in [0.4, 0.5) is 0 Å². The summed E-state index contributed by atoms with van der Waals surface area (Å²) < 4.78 is 33.8. The number of pyridine rings is 1. The van der Waals surface area contributed by atoms with E-state index in [0.717, 1.165) is 5.56 Å². The van der Waals surface area contributed by atoms with Crippen molar-refractivity contribution in [2.24, 2.45) is 0 Å². The van der Waals surface area contributed by atoms with Gasteiger partial charge in [0.25, 0.3) is 0 Å². The first-order chi connectivity index (χ1) is 11.0. The first-order valence-electron chi connectivity index (χ1n) is 6.85. The van der Waals surface area contributed by atoms with Crippen molar-refractivity contribution in [1.29, 1.82) is 0 Å². The predicted octanol–water partition coefficient (Wildman–Crippen LogP) is 1.35. The van der Waals surface area contributed by atoms with Crippen molar-refractivity contribution in [3.05, 3.63) is 53.8 Å². The molecule has 0 saturated heterocycles. The highest BCUT2D eigenvalue weighted by molar-refractivity contribution is 7.89. The molecule has 120 valence electrons. The van der Waals surface area contributed by atoms with Crippen LogP contribution < -0.4 is 4.72 Å². The van der Waals surface area contributed by atoms with Crippen LogP contribution in [0.25, 0.3) is 5.82 Å². The van der Waals surface area contributed by atoms with E-state index in [2.05, 4.69) is 20.0 Å². The van der Waals surface area contributed by atoms with E-state index in [-0.39, 0.29) is 17.2 Å². The molecule has 0 fully saturated rings. The van der Waals surface area contributed by atoms with Crippen LogP contribution in [-0.4, -0.2) is 28.3 Å². The van der Waals surface area contributed by atoms with E-state index in [4.69, 9.17) is 4.52 Å². The molecule has 3 heterocycles. The summed E-state index contributed by atoms with van der Waals surface area (Å²) in [5.41, 5.74) is 1.10. The van der Waals surface area contributed by atoms with Gasteiger partial charge in [0.2, 0.25) is 10.0 Å². The van der Waals surface area contributed by atoms with Gasteiger partial charge in [-0.2, -0.15) is 5.10 Å². The lowest BCUT2D eigenvalue weighted by atomic mass is 10.2. The van der Waals surface area contributed by atoms with Crippen LogP contribution in [0.15, 0.2) is 46.2 Å². The highest BCUT2D eigenvalue weighted by Crippen LogP contribution is 2.19. The molecule has 0 saturated carbocycles. The zero-order valence-corrected chi connectivity index (χ0v) is 13.4. The quantitative estimate of drug-likeness (QED) is 0.756. The maximum absolute atomic E-state index is 12.4. The third kappa shape index (κ3) is 3.15. The number of sulfonamides is 1. The first kappa shape index (κ1) is 15.4. The Hall–Kier alpha value is -2.52. The van der Waals surface area contributed by atoms with Gasteiger partial charge in [-0.1, -0.05) is 5.16 Å². The van der Waals surface area contributed by atoms with Crippen LogP contribution in [0.3, 0.4) is 0 Å². The molecular formula is C14H15N5O3S. The number of hydrogen-bond donors (Lipinski definition) is 1. The Morgan fingerprint density at radius 1 is 1.30 bits per heavy atom. The third-order valence-electron chi connectivity index (χ3n) is 3.25. The third-order valence-corrected chi connectivity index (χ3v) is 4.90. The first-order valence-corrected chi connectivity index (χ1v) is 8.33. The monoisotopic (exact) mass is 333 g/mol. The van der Waals surface area contributed by atoms with Gasteiger partial charge < -0.3 is 4.52 Å². The largest absolute Gasteiger partial charge is 0.360 e. The van der Waals surface area contributed by atoms with Gasteiger partial charge in [0, 0.05) is 25.1 Å². The average Bonchev–Trinajstić information content (AvgIpc) is 3.16. The Kier molecular flexibility index (Phi) is 3.97. The van der Waals surface area contributed by atoms with Gasteiger partial charge in [-0.25, -0.2) is 22.8 Å². The van der Waals surface area contributed by atoms with Crippen molar-refractivity contribution in [2.75, 3.05) is 0 Å². The lowest BCUT2D eigenvalue weighted by Gasteiger charge is -2.07. The number of rotatable bonds is 5. The molecule has 3 aromatic heterocycles. The molecule has 0 aliphatic carbocycles. The zero-order valence-electron chi connectivity index (χ0n) is 12.6. The summed E-state index contributed by atoms with van der Waals surface area (Å²) in [5.74, 6) is 0.881. The van der Waals surface area contributed by atoms with E-state index in [1.807, 2.05) is 0 Å². The summed E-state index contributed by atoms with van der Waals surface area (Å²) in [7, 11) is -3.69. The molecule has 0 aliphatic heterocycles. The Morgan fingerprint density at radius 3 is 2.78 bits per heavy atom. The molecule has 8 nitrogen and oxygen atoms in total. The second-order valence-corrected chi connectivity index (χ2v) is 6.65. The van der Waals surface area contributed by atoms with Gasteiger partial charge in [0.1, 0.15) is 10.6 Å². The molecule has 0 aromatic carbocycles. The molecule has 1 N–H and O–H groups in total. The number of aromatic nitrogens is 4. The summed E-state index contributed by atoms with van der Waals surface area (Å²) in [5, 5.41) is 7.76. The van der Waals surface area contributed by atoms with Crippen molar-refractivity contribution in [1.82, 2.24) is 24.6 Å². The highest BCUT2D eigenvalue weighted by Gasteiger charge is 2.23. The van der Waals surface area contributed by atoms with Gasteiger partial charge >= 0.3 is 0 Å². The molecule has 0 atom stereocenters. The Morgan fingerprint density at radius 2 is 2.13 bits per heavy atom. The lowest BCUT2D eigenvalue weighted by molar-refractivity contribution is 0.390. The molecule has 3 aromatic rings. The van der Waals surface area contributed by atoms with Crippen molar-refractivity contribution in [3.8, 4) is 5.82 Å². The summed E-state index contributed by atoms with van der Waals surface area (Å²) in [6.07, 6.45) is 5.02. The van der Waals surface area contributed by atoms with Crippen LogP contribution in [0, 0.1) is 13.8 Å². The van der Waals surface area contributed by atoms with Crippen LogP contribution in [-0.2, 0) is 16.6 Å². The topological polar surface area (TPSA) is 103 Å². The van der Waals surface area contributed by atoms with Crippen molar-refractivity contribution < 1.29 is 12.9 Å². The van der Waals surface area contributed by atoms with E-state index < -0.39 is 10.0 Å². The number of hydrogen-bond acceptors (Lipinski definition) is 6. The Labute approximate surface area is 133 Å². The molecule has 0 amide bonds. The normalized spacial score (nSPS) is 11.7. The molecule has 0 radical (unpaired) electrons.